The van der Waals surface area contributed by atoms with E-state index in [4.69, 9.17) is 11.6 Å². The van der Waals surface area contributed by atoms with Gasteiger partial charge in [-0.1, -0.05) is 41.9 Å². The van der Waals surface area contributed by atoms with Crippen molar-refractivity contribution in [1.29, 1.82) is 0 Å². The van der Waals surface area contributed by atoms with E-state index in [2.05, 4.69) is 10.3 Å². The molecular formula is C18H16ClFN2S. The molecule has 3 rings (SSSR count). The molecule has 0 amide bonds. The van der Waals surface area contributed by atoms with Crippen LogP contribution in [0.4, 0.5) is 4.39 Å². The summed E-state index contributed by atoms with van der Waals surface area (Å²) in [5.74, 6) is -0.198. The molecule has 0 aliphatic rings. The first kappa shape index (κ1) is 16.1. The molecule has 0 spiro atoms. The van der Waals surface area contributed by atoms with Crippen LogP contribution in [0.1, 0.15) is 10.6 Å². The summed E-state index contributed by atoms with van der Waals surface area (Å²) in [5.41, 5.74) is 2.14. The highest BCUT2D eigenvalue weighted by Crippen LogP contribution is 2.31. The number of thiazole rings is 1. The average molecular weight is 347 g/mol. The zero-order valence-electron chi connectivity index (χ0n) is 12.4. The van der Waals surface area contributed by atoms with Gasteiger partial charge in [0, 0.05) is 23.3 Å². The van der Waals surface area contributed by atoms with Crippen LogP contribution in [0, 0.1) is 5.82 Å². The molecular weight excluding hydrogens is 331 g/mol. The Hall–Kier alpha value is -1.75. The van der Waals surface area contributed by atoms with Gasteiger partial charge in [0.05, 0.1) is 4.88 Å². The van der Waals surface area contributed by atoms with Gasteiger partial charge in [0.1, 0.15) is 10.8 Å². The summed E-state index contributed by atoms with van der Waals surface area (Å²) in [6.07, 6.45) is 2.73. The maximum absolute atomic E-state index is 12.8. The van der Waals surface area contributed by atoms with Gasteiger partial charge in [-0.2, -0.15) is 0 Å². The number of benzene rings is 2. The van der Waals surface area contributed by atoms with Crippen molar-refractivity contribution in [3.63, 3.8) is 0 Å². The van der Waals surface area contributed by atoms with E-state index in [-0.39, 0.29) is 5.82 Å². The molecule has 23 heavy (non-hydrogen) atoms. The number of nitrogens with zero attached hydrogens (tertiary/aromatic N) is 1. The van der Waals surface area contributed by atoms with Crippen LogP contribution in [0.2, 0.25) is 5.02 Å². The normalized spacial score (nSPS) is 10.9. The summed E-state index contributed by atoms with van der Waals surface area (Å²) in [5, 5.41) is 5.13. The molecule has 118 valence electrons. The molecule has 2 nitrogen and oxygen atoms in total. The van der Waals surface area contributed by atoms with E-state index in [0.29, 0.717) is 0 Å². The van der Waals surface area contributed by atoms with Gasteiger partial charge in [0.25, 0.3) is 0 Å². The monoisotopic (exact) mass is 346 g/mol. The van der Waals surface area contributed by atoms with Gasteiger partial charge < -0.3 is 5.32 Å². The maximum atomic E-state index is 12.8. The SMILES string of the molecule is Fc1ccc(CCNCc2ncc(-c3ccccc3Cl)s2)cc1. The summed E-state index contributed by atoms with van der Waals surface area (Å²) in [6.45, 7) is 1.54. The van der Waals surface area contributed by atoms with Crippen LogP contribution in [0.15, 0.2) is 54.7 Å². The predicted molar refractivity (Wildman–Crippen MR) is 94.4 cm³/mol. The Morgan fingerprint density at radius 1 is 1.09 bits per heavy atom. The first-order chi connectivity index (χ1) is 11.2. The van der Waals surface area contributed by atoms with E-state index in [9.17, 15) is 4.39 Å². The Balaban J connectivity index is 1.52. The van der Waals surface area contributed by atoms with E-state index >= 15 is 0 Å². The molecule has 0 aliphatic heterocycles. The van der Waals surface area contributed by atoms with Crippen molar-refractivity contribution in [3.05, 3.63) is 76.1 Å². The van der Waals surface area contributed by atoms with Gasteiger partial charge in [0.15, 0.2) is 0 Å². The lowest BCUT2D eigenvalue weighted by Gasteiger charge is -2.03. The van der Waals surface area contributed by atoms with Crippen molar-refractivity contribution in [2.75, 3.05) is 6.54 Å². The van der Waals surface area contributed by atoms with Crippen LogP contribution >= 0.6 is 22.9 Å². The topological polar surface area (TPSA) is 24.9 Å². The fourth-order valence-electron chi connectivity index (χ4n) is 2.26. The van der Waals surface area contributed by atoms with Gasteiger partial charge in [-0.25, -0.2) is 9.37 Å². The van der Waals surface area contributed by atoms with Gasteiger partial charge in [-0.15, -0.1) is 11.3 Å². The number of rotatable bonds is 6. The zero-order chi connectivity index (χ0) is 16.1. The van der Waals surface area contributed by atoms with Crippen molar-refractivity contribution in [2.24, 2.45) is 0 Å². The Morgan fingerprint density at radius 3 is 2.65 bits per heavy atom. The minimum absolute atomic E-state index is 0.198. The summed E-state index contributed by atoms with van der Waals surface area (Å²) in [6, 6.07) is 14.4. The lowest BCUT2D eigenvalue weighted by Crippen LogP contribution is -2.16. The van der Waals surface area contributed by atoms with E-state index in [1.165, 1.54) is 12.1 Å². The Labute approximate surface area is 144 Å². The van der Waals surface area contributed by atoms with Crippen molar-refractivity contribution in [1.82, 2.24) is 10.3 Å². The van der Waals surface area contributed by atoms with Crippen LogP contribution in [-0.4, -0.2) is 11.5 Å². The number of hydrogen-bond acceptors (Lipinski definition) is 3. The van der Waals surface area contributed by atoms with E-state index in [1.54, 1.807) is 11.3 Å². The Bertz CT molecular complexity index is 771. The van der Waals surface area contributed by atoms with Crippen LogP contribution in [0.25, 0.3) is 10.4 Å². The molecule has 0 fully saturated rings. The number of aromatic nitrogens is 1. The van der Waals surface area contributed by atoms with Crippen LogP contribution in [-0.2, 0) is 13.0 Å². The molecule has 5 heteroatoms. The van der Waals surface area contributed by atoms with Crippen LogP contribution in [0.3, 0.4) is 0 Å². The average Bonchev–Trinajstić information content (AvgIpc) is 3.02. The Morgan fingerprint density at radius 2 is 1.87 bits per heavy atom. The molecule has 1 heterocycles. The largest absolute Gasteiger partial charge is 0.310 e. The second-order valence-electron chi connectivity index (χ2n) is 5.15. The molecule has 1 N–H and O–H groups in total. The van der Waals surface area contributed by atoms with Gasteiger partial charge in [0.2, 0.25) is 0 Å². The summed E-state index contributed by atoms with van der Waals surface area (Å²) >= 11 is 7.85. The van der Waals surface area contributed by atoms with Crippen molar-refractivity contribution in [3.8, 4) is 10.4 Å². The predicted octanol–water partition coefficient (Wildman–Crippen LogP) is 4.93. The molecule has 0 saturated heterocycles. The minimum Gasteiger partial charge on any atom is -0.310 e. The standard InChI is InChI=1S/C18H16ClFN2S/c19-16-4-2-1-3-15(16)17-11-22-18(23-17)12-21-10-9-13-5-7-14(20)8-6-13/h1-8,11,21H,9-10,12H2. The fourth-order valence-corrected chi connectivity index (χ4v) is 3.48. The van der Waals surface area contributed by atoms with Crippen LogP contribution < -0.4 is 5.32 Å². The third-order valence-corrected chi connectivity index (χ3v) is 4.83. The van der Waals surface area contributed by atoms with E-state index < -0.39 is 0 Å². The fraction of sp³-hybridized carbons (Fsp3) is 0.167. The molecule has 0 saturated carbocycles. The van der Waals surface area contributed by atoms with Gasteiger partial charge >= 0.3 is 0 Å². The van der Waals surface area contributed by atoms with Crippen molar-refractivity contribution < 1.29 is 4.39 Å². The first-order valence-electron chi connectivity index (χ1n) is 7.37. The van der Waals surface area contributed by atoms with Crippen molar-refractivity contribution >= 4 is 22.9 Å². The van der Waals surface area contributed by atoms with E-state index in [0.717, 1.165) is 45.5 Å². The van der Waals surface area contributed by atoms with Crippen LogP contribution in [0.5, 0.6) is 0 Å². The van der Waals surface area contributed by atoms with Gasteiger partial charge in [-0.05, 0) is 36.7 Å². The third kappa shape index (κ3) is 4.38. The third-order valence-electron chi connectivity index (χ3n) is 3.47. The molecule has 1 aromatic heterocycles. The summed E-state index contributed by atoms with van der Waals surface area (Å²) in [7, 11) is 0. The second kappa shape index (κ2) is 7.68. The number of nitrogens with one attached hydrogen (secondary N) is 1. The highest BCUT2D eigenvalue weighted by Gasteiger charge is 2.07. The molecule has 0 bridgehead atoms. The molecule has 0 radical (unpaired) electrons. The Kier molecular flexibility index (Phi) is 5.39. The minimum atomic E-state index is -0.198. The highest BCUT2D eigenvalue weighted by molar-refractivity contribution is 7.15. The lowest BCUT2D eigenvalue weighted by molar-refractivity contribution is 0.626. The molecule has 0 atom stereocenters. The number of halogens is 2. The van der Waals surface area contributed by atoms with E-state index in [1.807, 2.05) is 42.6 Å². The first-order valence-corrected chi connectivity index (χ1v) is 8.56. The lowest BCUT2D eigenvalue weighted by atomic mass is 10.1. The quantitative estimate of drug-likeness (QED) is 0.640. The molecule has 3 aromatic rings. The summed E-state index contributed by atoms with van der Waals surface area (Å²) < 4.78 is 12.8. The molecule has 2 aromatic carbocycles. The maximum Gasteiger partial charge on any atom is 0.123 e. The van der Waals surface area contributed by atoms with Gasteiger partial charge in [-0.3, -0.25) is 0 Å². The summed E-state index contributed by atoms with van der Waals surface area (Å²) in [4.78, 5) is 5.51. The van der Waals surface area contributed by atoms with Crippen molar-refractivity contribution in [2.45, 2.75) is 13.0 Å². The molecule has 0 unspecified atom stereocenters. The molecule has 0 aliphatic carbocycles. The second-order valence-corrected chi connectivity index (χ2v) is 6.67. The number of hydrogen-bond donors (Lipinski definition) is 1. The highest BCUT2D eigenvalue weighted by atomic mass is 35.5. The smallest absolute Gasteiger partial charge is 0.123 e. The zero-order valence-corrected chi connectivity index (χ0v) is 14.0.